The molecule has 4 nitrogen and oxygen atoms in total. The van der Waals surface area contributed by atoms with Crippen LogP contribution in [0, 0.1) is 6.92 Å². The van der Waals surface area contributed by atoms with Gasteiger partial charge in [0.1, 0.15) is 5.01 Å². The van der Waals surface area contributed by atoms with Crippen molar-refractivity contribution in [1.29, 1.82) is 0 Å². The van der Waals surface area contributed by atoms with E-state index >= 15 is 0 Å². The van der Waals surface area contributed by atoms with Crippen LogP contribution in [0.15, 0.2) is 90.3 Å². The molecule has 0 fully saturated rings. The van der Waals surface area contributed by atoms with Crippen LogP contribution in [-0.2, 0) is 24.2 Å². The number of anilines is 1. The highest BCUT2D eigenvalue weighted by atomic mass is 32.1. The van der Waals surface area contributed by atoms with E-state index in [4.69, 9.17) is 0 Å². The highest BCUT2D eigenvalue weighted by molar-refractivity contribution is 7.09. The van der Waals surface area contributed by atoms with E-state index in [9.17, 15) is 4.79 Å². The Balaban J connectivity index is 1.35. The standard InChI is InChI=1S/C27H27N3OS/c1-20-12-14-23(15-13-20)29-26(31)17-27-30-24(19-32-27)18-28-25(22-10-6-3-7-11-22)16-21-8-4-2-5-9-21/h2-15,19,25,28H,16-18H2,1H3,(H,29,31). The number of benzene rings is 3. The van der Waals surface area contributed by atoms with Crippen molar-refractivity contribution in [2.24, 2.45) is 0 Å². The van der Waals surface area contributed by atoms with Gasteiger partial charge in [0.25, 0.3) is 0 Å². The maximum Gasteiger partial charge on any atom is 0.231 e. The lowest BCUT2D eigenvalue weighted by Crippen LogP contribution is -2.23. The number of aromatic nitrogens is 1. The molecular weight excluding hydrogens is 414 g/mol. The van der Waals surface area contributed by atoms with Crippen LogP contribution in [0.25, 0.3) is 0 Å². The Hall–Kier alpha value is -3.28. The first-order valence-corrected chi connectivity index (χ1v) is 11.7. The molecule has 32 heavy (non-hydrogen) atoms. The number of rotatable bonds is 9. The van der Waals surface area contributed by atoms with E-state index in [1.54, 1.807) is 0 Å². The second-order valence-corrected chi connectivity index (χ2v) is 8.80. The summed E-state index contributed by atoms with van der Waals surface area (Å²) in [4.78, 5) is 17.0. The predicted octanol–water partition coefficient (Wildman–Crippen LogP) is 5.71. The molecule has 0 aliphatic rings. The van der Waals surface area contributed by atoms with Gasteiger partial charge in [0.05, 0.1) is 12.1 Å². The van der Waals surface area contributed by atoms with Crippen LogP contribution < -0.4 is 10.6 Å². The number of carbonyl (C=O) groups is 1. The molecule has 0 radical (unpaired) electrons. The molecule has 4 aromatic rings. The lowest BCUT2D eigenvalue weighted by molar-refractivity contribution is -0.115. The first kappa shape index (κ1) is 21.9. The average Bonchev–Trinajstić information content (AvgIpc) is 3.26. The molecule has 0 aliphatic heterocycles. The highest BCUT2D eigenvalue weighted by Gasteiger charge is 2.14. The Morgan fingerprint density at radius 3 is 2.34 bits per heavy atom. The summed E-state index contributed by atoms with van der Waals surface area (Å²) < 4.78 is 0. The fourth-order valence-electron chi connectivity index (χ4n) is 3.56. The monoisotopic (exact) mass is 441 g/mol. The Bertz CT molecular complexity index is 1120. The van der Waals surface area contributed by atoms with E-state index in [1.807, 2.05) is 48.7 Å². The smallest absolute Gasteiger partial charge is 0.231 e. The van der Waals surface area contributed by atoms with E-state index in [-0.39, 0.29) is 18.4 Å². The molecule has 1 unspecified atom stereocenters. The molecule has 0 aliphatic carbocycles. The number of hydrogen-bond donors (Lipinski definition) is 2. The van der Waals surface area contributed by atoms with E-state index < -0.39 is 0 Å². The second kappa shape index (κ2) is 10.8. The number of thiazole rings is 1. The Labute approximate surface area is 193 Å². The van der Waals surface area contributed by atoms with Gasteiger partial charge in [0.15, 0.2) is 0 Å². The Kier molecular flexibility index (Phi) is 7.43. The van der Waals surface area contributed by atoms with Gasteiger partial charge in [-0.15, -0.1) is 11.3 Å². The van der Waals surface area contributed by atoms with Crippen LogP contribution in [0.1, 0.15) is 33.4 Å². The third-order valence-corrected chi connectivity index (χ3v) is 6.16. The van der Waals surface area contributed by atoms with Crippen LogP contribution in [-0.4, -0.2) is 10.9 Å². The molecule has 2 N–H and O–H groups in total. The maximum absolute atomic E-state index is 12.4. The summed E-state index contributed by atoms with van der Waals surface area (Å²) in [6, 6.07) is 29.0. The summed E-state index contributed by atoms with van der Waals surface area (Å²) >= 11 is 1.53. The van der Waals surface area contributed by atoms with Crippen molar-refractivity contribution in [3.63, 3.8) is 0 Å². The maximum atomic E-state index is 12.4. The minimum atomic E-state index is -0.0473. The van der Waals surface area contributed by atoms with Gasteiger partial charge in [-0.25, -0.2) is 4.98 Å². The van der Waals surface area contributed by atoms with Gasteiger partial charge in [-0.3, -0.25) is 4.79 Å². The molecule has 1 heterocycles. The fourth-order valence-corrected chi connectivity index (χ4v) is 4.35. The van der Waals surface area contributed by atoms with E-state index in [2.05, 4.69) is 64.1 Å². The Morgan fingerprint density at radius 1 is 0.938 bits per heavy atom. The molecular formula is C27H27N3OS. The van der Waals surface area contributed by atoms with E-state index in [0.29, 0.717) is 6.54 Å². The number of aryl methyl sites for hydroxylation is 1. The van der Waals surface area contributed by atoms with E-state index in [0.717, 1.165) is 22.8 Å². The molecule has 5 heteroatoms. The number of nitrogens with zero attached hydrogens (tertiary/aromatic N) is 1. The van der Waals surface area contributed by atoms with Crippen molar-refractivity contribution in [1.82, 2.24) is 10.3 Å². The minimum absolute atomic E-state index is 0.0473. The fraction of sp³-hybridized carbons (Fsp3) is 0.185. The molecule has 162 valence electrons. The summed E-state index contributed by atoms with van der Waals surface area (Å²) in [7, 11) is 0. The zero-order valence-electron chi connectivity index (χ0n) is 18.1. The number of carbonyl (C=O) groups excluding carboxylic acids is 1. The van der Waals surface area contributed by atoms with Crippen molar-refractivity contribution in [2.75, 3.05) is 5.32 Å². The first-order chi connectivity index (χ1) is 15.7. The van der Waals surface area contributed by atoms with Crippen LogP contribution in [0.2, 0.25) is 0 Å². The number of amides is 1. The van der Waals surface area contributed by atoms with Crippen molar-refractivity contribution in [2.45, 2.75) is 32.4 Å². The van der Waals surface area contributed by atoms with Gasteiger partial charge in [0.2, 0.25) is 5.91 Å². The Morgan fingerprint density at radius 2 is 1.62 bits per heavy atom. The normalized spacial score (nSPS) is 11.8. The third kappa shape index (κ3) is 6.36. The molecule has 1 amide bonds. The van der Waals surface area contributed by atoms with Gasteiger partial charge in [0, 0.05) is 23.7 Å². The van der Waals surface area contributed by atoms with Crippen molar-refractivity contribution < 1.29 is 4.79 Å². The number of hydrogen-bond acceptors (Lipinski definition) is 4. The first-order valence-electron chi connectivity index (χ1n) is 10.8. The summed E-state index contributed by atoms with van der Waals surface area (Å²) in [5, 5.41) is 9.45. The second-order valence-electron chi connectivity index (χ2n) is 7.86. The van der Waals surface area contributed by atoms with Gasteiger partial charge in [-0.1, -0.05) is 78.4 Å². The summed E-state index contributed by atoms with van der Waals surface area (Å²) in [6.45, 7) is 2.68. The van der Waals surface area contributed by atoms with Crippen molar-refractivity contribution in [3.8, 4) is 0 Å². The SMILES string of the molecule is Cc1ccc(NC(=O)Cc2nc(CNC(Cc3ccccc3)c3ccccc3)cs2)cc1. The summed E-state index contributed by atoms with van der Waals surface area (Å²) in [6.07, 6.45) is 1.19. The largest absolute Gasteiger partial charge is 0.326 e. The lowest BCUT2D eigenvalue weighted by atomic mass is 9.99. The van der Waals surface area contributed by atoms with Gasteiger partial charge < -0.3 is 10.6 Å². The molecule has 0 spiro atoms. The molecule has 4 rings (SSSR count). The highest BCUT2D eigenvalue weighted by Crippen LogP contribution is 2.20. The van der Waals surface area contributed by atoms with E-state index in [1.165, 1.54) is 28.0 Å². The van der Waals surface area contributed by atoms with Crippen LogP contribution in [0.4, 0.5) is 5.69 Å². The molecule has 0 saturated heterocycles. The van der Waals surface area contributed by atoms with Gasteiger partial charge >= 0.3 is 0 Å². The zero-order valence-corrected chi connectivity index (χ0v) is 18.9. The van der Waals surface area contributed by atoms with Crippen molar-refractivity contribution >= 4 is 22.9 Å². The van der Waals surface area contributed by atoms with Crippen molar-refractivity contribution in [3.05, 3.63) is 118 Å². The predicted molar refractivity (Wildman–Crippen MR) is 132 cm³/mol. The molecule has 1 atom stereocenters. The minimum Gasteiger partial charge on any atom is -0.326 e. The molecule has 1 aromatic heterocycles. The van der Waals surface area contributed by atoms with Gasteiger partial charge in [-0.2, -0.15) is 0 Å². The summed E-state index contributed by atoms with van der Waals surface area (Å²) in [5.74, 6) is -0.0473. The van der Waals surface area contributed by atoms with Crippen LogP contribution >= 0.6 is 11.3 Å². The quantitative estimate of drug-likeness (QED) is 0.350. The topological polar surface area (TPSA) is 54.0 Å². The summed E-state index contributed by atoms with van der Waals surface area (Å²) in [5.41, 5.74) is 5.49. The zero-order chi connectivity index (χ0) is 22.2. The average molecular weight is 442 g/mol. The third-order valence-electron chi connectivity index (χ3n) is 5.26. The number of nitrogens with one attached hydrogen (secondary N) is 2. The molecule has 3 aromatic carbocycles. The lowest BCUT2D eigenvalue weighted by Gasteiger charge is -2.19. The van der Waals surface area contributed by atoms with Crippen LogP contribution in [0.3, 0.4) is 0 Å². The molecule has 0 bridgehead atoms. The molecule has 0 saturated carbocycles. The van der Waals surface area contributed by atoms with Gasteiger partial charge in [-0.05, 0) is 36.6 Å². The van der Waals surface area contributed by atoms with Crippen LogP contribution in [0.5, 0.6) is 0 Å².